The lowest BCUT2D eigenvalue weighted by Gasteiger charge is -2.42. The van der Waals surface area contributed by atoms with Gasteiger partial charge < -0.3 is 30.3 Å². The first-order valence-electron chi connectivity index (χ1n) is 6.47. The smallest absolute Gasteiger partial charge is 0.326 e. The second-order valence-corrected chi connectivity index (χ2v) is 5.42. The molecule has 4 N–H and O–H groups in total. The topological polar surface area (TPSA) is 119 Å². The molecular weight excluding hydrogens is 268 g/mol. The lowest BCUT2D eigenvalue weighted by molar-refractivity contribution is -0.141. The summed E-state index contributed by atoms with van der Waals surface area (Å²) in [6, 6.07) is -1.67. The highest BCUT2D eigenvalue weighted by Gasteiger charge is 2.36. The minimum absolute atomic E-state index is 0.0573. The number of urea groups is 1. The number of nitrogens with one attached hydrogen (secondary N) is 1. The Kier molecular flexibility index (Phi) is 5.73. The molecule has 0 bridgehead atoms. The Morgan fingerprint density at radius 3 is 2.60 bits per heavy atom. The van der Waals surface area contributed by atoms with Crippen LogP contribution >= 0.6 is 0 Å². The molecule has 20 heavy (non-hydrogen) atoms. The van der Waals surface area contributed by atoms with Crippen LogP contribution in [-0.4, -0.2) is 76.3 Å². The molecule has 0 aromatic heterocycles. The van der Waals surface area contributed by atoms with Gasteiger partial charge in [0, 0.05) is 13.0 Å². The molecular formula is C12H22N2O6. The van der Waals surface area contributed by atoms with Crippen LogP contribution in [0.5, 0.6) is 0 Å². The summed E-state index contributed by atoms with van der Waals surface area (Å²) in [5.74, 6) is -1.20. The molecule has 2 amide bonds. The number of nitrogens with zero attached hydrogens (tertiary/aromatic N) is 1. The minimum Gasteiger partial charge on any atom is -0.480 e. The van der Waals surface area contributed by atoms with E-state index >= 15 is 0 Å². The van der Waals surface area contributed by atoms with Gasteiger partial charge >= 0.3 is 12.0 Å². The molecule has 8 nitrogen and oxygen atoms in total. The van der Waals surface area contributed by atoms with Gasteiger partial charge in [-0.15, -0.1) is 0 Å². The Bertz CT molecular complexity index is 360. The maximum Gasteiger partial charge on any atom is 0.326 e. The highest BCUT2D eigenvalue weighted by molar-refractivity contribution is 5.82. The van der Waals surface area contributed by atoms with E-state index < -0.39 is 29.7 Å². The normalized spacial score (nSPS) is 23.2. The number of carboxylic acid groups (broad SMARTS) is 1. The van der Waals surface area contributed by atoms with Gasteiger partial charge in [0.2, 0.25) is 0 Å². The molecule has 0 radical (unpaired) electrons. The number of rotatable bonds is 5. The maximum absolute atomic E-state index is 12.1. The van der Waals surface area contributed by atoms with E-state index in [-0.39, 0.29) is 26.2 Å². The molecule has 1 rings (SSSR count). The van der Waals surface area contributed by atoms with Crippen LogP contribution < -0.4 is 5.32 Å². The summed E-state index contributed by atoms with van der Waals surface area (Å²) in [4.78, 5) is 24.4. The van der Waals surface area contributed by atoms with Crippen molar-refractivity contribution in [3.8, 4) is 0 Å². The first-order chi connectivity index (χ1) is 9.29. The molecule has 1 aliphatic rings. The van der Waals surface area contributed by atoms with E-state index in [2.05, 4.69) is 5.32 Å². The number of ether oxygens (including phenoxy) is 1. The molecule has 1 fully saturated rings. The molecule has 2 atom stereocenters. The van der Waals surface area contributed by atoms with E-state index in [1.54, 1.807) is 13.8 Å². The summed E-state index contributed by atoms with van der Waals surface area (Å²) in [6.45, 7) is 3.52. The van der Waals surface area contributed by atoms with Gasteiger partial charge in [-0.2, -0.15) is 0 Å². The quantitative estimate of drug-likeness (QED) is 0.516. The standard InChI is InChI=1S/C12H22N2O6/c1-12(2)7-14(5-8(6-16)20-12)11(19)13-9(3-4-15)10(17)18/h8-9,15-16H,3-7H2,1-2H3,(H,13,19)(H,17,18)/t8?,9-/m0/s1. The van der Waals surface area contributed by atoms with Gasteiger partial charge in [0.05, 0.1) is 31.4 Å². The number of morpholine rings is 1. The van der Waals surface area contributed by atoms with Crippen LogP contribution in [0.25, 0.3) is 0 Å². The Hall–Kier alpha value is -1.38. The molecule has 0 aliphatic carbocycles. The van der Waals surface area contributed by atoms with Gasteiger partial charge in [-0.25, -0.2) is 9.59 Å². The van der Waals surface area contributed by atoms with E-state index in [4.69, 9.17) is 20.1 Å². The van der Waals surface area contributed by atoms with Crippen LogP contribution in [-0.2, 0) is 9.53 Å². The van der Waals surface area contributed by atoms with Gasteiger partial charge in [-0.1, -0.05) is 0 Å². The Morgan fingerprint density at radius 2 is 2.10 bits per heavy atom. The second-order valence-electron chi connectivity index (χ2n) is 5.42. The van der Waals surface area contributed by atoms with Crippen molar-refractivity contribution in [2.45, 2.75) is 38.0 Å². The summed E-state index contributed by atoms with van der Waals surface area (Å²) in [7, 11) is 0. The highest BCUT2D eigenvalue weighted by atomic mass is 16.5. The summed E-state index contributed by atoms with van der Waals surface area (Å²) in [6.07, 6.45) is -0.552. The summed E-state index contributed by atoms with van der Waals surface area (Å²) < 4.78 is 5.58. The summed E-state index contributed by atoms with van der Waals surface area (Å²) in [5.41, 5.74) is -0.612. The van der Waals surface area contributed by atoms with Crippen molar-refractivity contribution in [3.05, 3.63) is 0 Å². The van der Waals surface area contributed by atoms with E-state index in [0.29, 0.717) is 6.54 Å². The molecule has 0 saturated carbocycles. The van der Waals surface area contributed by atoms with Crippen molar-refractivity contribution in [2.75, 3.05) is 26.3 Å². The number of carbonyl (C=O) groups is 2. The third-order valence-electron chi connectivity index (χ3n) is 2.99. The van der Waals surface area contributed by atoms with Crippen LogP contribution in [0.15, 0.2) is 0 Å². The van der Waals surface area contributed by atoms with E-state index in [1.165, 1.54) is 4.90 Å². The number of aliphatic hydroxyl groups excluding tert-OH is 2. The Balaban J connectivity index is 2.67. The predicted molar refractivity (Wildman–Crippen MR) is 69.3 cm³/mol. The fourth-order valence-electron chi connectivity index (χ4n) is 2.17. The zero-order valence-corrected chi connectivity index (χ0v) is 11.7. The number of aliphatic carboxylic acids is 1. The van der Waals surface area contributed by atoms with Crippen molar-refractivity contribution in [3.63, 3.8) is 0 Å². The average molecular weight is 290 g/mol. The summed E-state index contributed by atoms with van der Waals surface area (Å²) >= 11 is 0. The Labute approximate surface area is 117 Å². The average Bonchev–Trinajstić information content (AvgIpc) is 2.35. The molecule has 1 aliphatic heterocycles. The lowest BCUT2D eigenvalue weighted by Crippen LogP contribution is -2.59. The van der Waals surface area contributed by atoms with Gasteiger partial charge in [-0.3, -0.25) is 0 Å². The van der Waals surface area contributed by atoms with Gasteiger partial charge in [-0.05, 0) is 13.8 Å². The third kappa shape index (κ3) is 4.62. The molecule has 0 spiro atoms. The fourth-order valence-corrected chi connectivity index (χ4v) is 2.17. The SMILES string of the molecule is CC1(C)CN(C(=O)N[C@@H](CCO)C(=O)O)CC(CO)O1. The van der Waals surface area contributed by atoms with Gasteiger partial charge in [0.1, 0.15) is 6.04 Å². The van der Waals surface area contributed by atoms with Gasteiger partial charge in [0.25, 0.3) is 0 Å². The number of carboxylic acids is 1. The number of carbonyl (C=O) groups excluding carboxylic acids is 1. The van der Waals surface area contributed by atoms with Crippen molar-refractivity contribution >= 4 is 12.0 Å². The maximum atomic E-state index is 12.1. The largest absolute Gasteiger partial charge is 0.480 e. The number of amides is 2. The number of hydrogen-bond donors (Lipinski definition) is 4. The molecule has 0 aromatic rings. The first kappa shape index (κ1) is 16.7. The van der Waals surface area contributed by atoms with Crippen LogP contribution in [0.3, 0.4) is 0 Å². The second kappa shape index (κ2) is 6.87. The van der Waals surface area contributed by atoms with Crippen LogP contribution in [0.4, 0.5) is 4.79 Å². The predicted octanol–water partition coefficient (Wildman–Crippen LogP) is -0.997. The molecule has 1 unspecified atom stereocenters. The highest BCUT2D eigenvalue weighted by Crippen LogP contribution is 2.20. The molecule has 1 heterocycles. The van der Waals surface area contributed by atoms with Gasteiger partial charge in [0.15, 0.2) is 0 Å². The molecule has 0 aromatic carbocycles. The van der Waals surface area contributed by atoms with Crippen LogP contribution in [0.2, 0.25) is 0 Å². The zero-order valence-electron chi connectivity index (χ0n) is 11.7. The molecule has 8 heteroatoms. The Morgan fingerprint density at radius 1 is 1.45 bits per heavy atom. The number of aliphatic hydroxyl groups is 2. The summed E-state index contributed by atoms with van der Waals surface area (Å²) in [5, 5.41) is 29.3. The lowest BCUT2D eigenvalue weighted by atomic mass is 10.1. The van der Waals surface area contributed by atoms with Crippen molar-refractivity contribution in [2.24, 2.45) is 0 Å². The van der Waals surface area contributed by atoms with Crippen molar-refractivity contribution in [1.29, 1.82) is 0 Å². The zero-order chi connectivity index (χ0) is 15.3. The van der Waals surface area contributed by atoms with Crippen molar-refractivity contribution in [1.82, 2.24) is 10.2 Å². The van der Waals surface area contributed by atoms with Crippen molar-refractivity contribution < 1.29 is 29.6 Å². The fraction of sp³-hybridized carbons (Fsp3) is 0.833. The van der Waals surface area contributed by atoms with E-state index in [0.717, 1.165) is 0 Å². The number of hydrogen-bond acceptors (Lipinski definition) is 5. The molecule has 116 valence electrons. The van der Waals surface area contributed by atoms with Crippen LogP contribution in [0.1, 0.15) is 20.3 Å². The third-order valence-corrected chi connectivity index (χ3v) is 2.99. The van der Waals surface area contributed by atoms with E-state index in [9.17, 15) is 9.59 Å². The first-order valence-corrected chi connectivity index (χ1v) is 6.47. The minimum atomic E-state index is -1.20. The van der Waals surface area contributed by atoms with E-state index in [1.807, 2.05) is 0 Å². The monoisotopic (exact) mass is 290 g/mol. The van der Waals surface area contributed by atoms with Crippen LogP contribution in [0, 0.1) is 0 Å². The molecule has 1 saturated heterocycles.